The molecule has 5 amide bonds. The number of carbonyl (C=O) groups excluding carboxylic acids is 5. The van der Waals surface area contributed by atoms with Crippen LogP contribution in [0.2, 0.25) is 0 Å². The number of carbonyl (C=O) groups is 5. The summed E-state index contributed by atoms with van der Waals surface area (Å²) in [4.78, 5) is 70.4. The van der Waals surface area contributed by atoms with Crippen LogP contribution in [0.1, 0.15) is 114 Å². The van der Waals surface area contributed by atoms with E-state index in [4.69, 9.17) is 0 Å². The van der Waals surface area contributed by atoms with Gasteiger partial charge in [0, 0.05) is 37.1 Å². The molecule has 2 fully saturated rings. The number of nitrogens with one attached hydrogen (secondary N) is 5. The van der Waals surface area contributed by atoms with Gasteiger partial charge < -0.3 is 31.5 Å². The number of rotatable bonds is 19. The number of ketones is 1. The largest absolute Gasteiger partial charge is 0.346 e. The van der Waals surface area contributed by atoms with E-state index >= 15 is 0 Å². The maximum Gasteiger partial charge on any atom is 0.315 e. The average Bonchev–Trinajstić information content (AvgIpc) is 3.55. The highest BCUT2D eigenvalue weighted by Gasteiger charge is 2.47. The van der Waals surface area contributed by atoms with E-state index in [1.807, 2.05) is 75.3 Å². The van der Waals surface area contributed by atoms with E-state index in [0.29, 0.717) is 38.9 Å². The second-order valence-electron chi connectivity index (χ2n) is 16.3. The van der Waals surface area contributed by atoms with E-state index in [0.717, 1.165) is 36.2 Å². The number of nitrogens with zero attached hydrogens (tertiary/aromatic N) is 1. The van der Waals surface area contributed by atoms with E-state index in [1.165, 1.54) is 6.08 Å². The number of hydrogen-bond acceptors (Lipinski definition) is 7. The van der Waals surface area contributed by atoms with Gasteiger partial charge in [0.1, 0.15) is 12.1 Å². The third kappa shape index (κ3) is 15.0. The molecule has 0 spiro atoms. The number of likely N-dealkylation sites (tertiary alicyclic amines) is 1. The van der Waals surface area contributed by atoms with E-state index in [1.54, 1.807) is 11.0 Å². The Hall–Kier alpha value is -3.38. The van der Waals surface area contributed by atoms with Gasteiger partial charge in [-0.3, -0.25) is 19.2 Å². The van der Waals surface area contributed by atoms with E-state index in [9.17, 15) is 24.0 Å². The summed E-state index contributed by atoms with van der Waals surface area (Å²) < 4.78 is 0. The third-order valence-corrected chi connectivity index (χ3v) is 10.7. The summed E-state index contributed by atoms with van der Waals surface area (Å²) in [5.41, 5.74) is 0.0708. The van der Waals surface area contributed by atoms with Gasteiger partial charge >= 0.3 is 6.03 Å². The Balaban J connectivity index is 0.00000716. The first-order valence-electron chi connectivity index (χ1n) is 19.8. The van der Waals surface area contributed by atoms with Gasteiger partial charge in [-0.15, -0.1) is 19.2 Å². The van der Waals surface area contributed by atoms with Crippen LogP contribution in [0, 0.1) is 22.7 Å². The number of Topliss-reactive ketones (excluding diaryl/α,β-unsaturated/α-hetero) is 1. The number of urea groups is 1. The summed E-state index contributed by atoms with van der Waals surface area (Å²) in [5, 5.41) is 14.9. The molecular formula is C42H72N6O5S. The van der Waals surface area contributed by atoms with Crippen molar-refractivity contribution in [1.29, 1.82) is 0 Å². The molecule has 12 heteroatoms. The Kier molecular flexibility index (Phi) is 21.2. The van der Waals surface area contributed by atoms with Crippen LogP contribution in [0.5, 0.6) is 0 Å². The van der Waals surface area contributed by atoms with Crippen molar-refractivity contribution in [2.45, 2.75) is 138 Å². The lowest BCUT2D eigenvalue weighted by Crippen LogP contribution is -2.62. The summed E-state index contributed by atoms with van der Waals surface area (Å²) in [6.07, 6.45) is 12.5. The molecule has 54 heavy (non-hydrogen) atoms. The van der Waals surface area contributed by atoms with E-state index < -0.39 is 47.2 Å². The molecular weight excluding hydrogens is 701 g/mol. The molecule has 2 aliphatic rings. The van der Waals surface area contributed by atoms with Crippen molar-refractivity contribution >= 4 is 42.2 Å². The molecule has 0 aromatic heterocycles. The first kappa shape index (κ1) is 48.6. The zero-order chi connectivity index (χ0) is 41.2. The average molecular weight is 773 g/mol. The molecule has 2 rings (SSSR count). The van der Waals surface area contributed by atoms with Crippen molar-refractivity contribution in [3.8, 4) is 0 Å². The van der Waals surface area contributed by atoms with Crippen LogP contribution < -0.4 is 26.6 Å². The smallest absolute Gasteiger partial charge is 0.315 e. The molecule has 1 aliphatic carbocycles. The maximum atomic E-state index is 14.4. The highest BCUT2D eigenvalue weighted by molar-refractivity contribution is 7.84. The molecule has 0 bridgehead atoms. The minimum absolute atomic E-state index is 0.140. The molecule has 0 aromatic rings. The standard InChI is InChI=1S/C40H66N6O5S.C2H6/c1-11-15-19-28(30(52)14-4)24-41-25-31(39(5,6)7)44-38(51)45-34(40(8,9)10)37(50)46-22-20-27(13-3)32(46)35(48)43-29(23-26-17-16-18-26)33(47)36(49)42-21-12-2;1-2/h11-12,14-15,26-27,29,31-32,34,41,52H,2,4,13,16-25H2,1,3,5-10H3,(H,42,49)(H,43,48)(H2,44,45,51);1-2H3/b15-11-,30-28-;. The highest BCUT2D eigenvalue weighted by atomic mass is 32.1. The molecule has 1 saturated heterocycles. The molecule has 11 nitrogen and oxygen atoms in total. The van der Waals surface area contributed by atoms with Crippen molar-refractivity contribution in [2.24, 2.45) is 22.7 Å². The van der Waals surface area contributed by atoms with Crippen LogP contribution in [0.3, 0.4) is 0 Å². The molecule has 0 radical (unpaired) electrons. The Labute approximate surface area is 331 Å². The van der Waals surface area contributed by atoms with Crippen molar-refractivity contribution in [1.82, 2.24) is 31.5 Å². The van der Waals surface area contributed by atoms with Crippen LogP contribution in [-0.2, 0) is 19.2 Å². The second-order valence-corrected chi connectivity index (χ2v) is 16.8. The van der Waals surface area contributed by atoms with Gasteiger partial charge in [0.15, 0.2) is 0 Å². The van der Waals surface area contributed by atoms with Crippen LogP contribution in [0.25, 0.3) is 0 Å². The Morgan fingerprint density at radius 2 is 1.59 bits per heavy atom. The van der Waals surface area contributed by atoms with Crippen LogP contribution in [0.15, 0.2) is 47.9 Å². The van der Waals surface area contributed by atoms with E-state index in [2.05, 4.69) is 58.4 Å². The van der Waals surface area contributed by atoms with E-state index in [-0.39, 0.29) is 35.7 Å². The van der Waals surface area contributed by atoms with Gasteiger partial charge in [0.25, 0.3) is 5.91 Å². The van der Waals surface area contributed by atoms with Gasteiger partial charge in [-0.25, -0.2) is 4.79 Å². The number of thiol groups is 1. The molecule has 1 saturated carbocycles. The maximum absolute atomic E-state index is 14.4. The van der Waals surface area contributed by atoms with Gasteiger partial charge in [-0.1, -0.05) is 119 Å². The highest BCUT2D eigenvalue weighted by Crippen LogP contribution is 2.33. The summed E-state index contributed by atoms with van der Waals surface area (Å²) in [6, 6.07) is -3.55. The molecule has 5 N–H and O–H groups in total. The Bertz CT molecular complexity index is 1340. The van der Waals surface area contributed by atoms with Crippen molar-refractivity contribution in [3.05, 3.63) is 47.9 Å². The fourth-order valence-corrected chi connectivity index (χ4v) is 6.78. The lowest BCUT2D eigenvalue weighted by atomic mass is 9.80. The lowest BCUT2D eigenvalue weighted by Gasteiger charge is -2.38. The van der Waals surface area contributed by atoms with Gasteiger partial charge in [0.2, 0.25) is 17.6 Å². The molecule has 1 aliphatic heterocycles. The van der Waals surface area contributed by atoms with Crippen LogP contribution in [-0.4, -0.2) is 84.8 Å². The number of hydrogen-bond donors (Lipinski definition) is 6. The van der Waals surface area contributed by atoms with Crippen molar-refractivity contribution in [2.75, 3.05) is 26.2 Å². The summed E-state index contributed by atoms with van der Waals surface area (Å²) in [6.45, 7) is 28.6. The second kappa shape index (κ2) is 23.5. The van der Waals surface area contributed by atoms with Crippen LogP contribution >= 0.6 is 12.6 Å². The first-order chi connectivity index (χ1) is 25.4. The lowest BCUT2D eigenvalue weighted by molar-refractivity contribution is -0.144. The predicted molar refractivity (Wildman–Crippen MR) is 224 cm³/mol. The zero-order valence-electron chi connectivity index (χ0n) is 34.9. The van der Waals surface area contributed by atoms with Crippen LogP contribution in [0.4, 0.5) is 4.79 Å². The van der Waals surface area contributed by atoms with Crippen molar-refractivity contribution in [3.63, 3.8) is 0 Å². The SMILES string of the molecule is C=CCNC(=O)C(=O)C(CC1CCC1)NC(=O)C1C(CC)CCN1C(=O)C(NC(=O)NC(CNC/C(C/C=C\C)=C(\S)C=C)C(C)(C)C)C(C)(C)C.CC. The Morgan fingerprint density at radius 3 is 2.09 bits per heavy atom. The van der Waals surface area contributed by atoms with Gasteiger partial charge in [-0.2, -0.15) is 0 Å². The molecule has 5 atom stereocenters. The molecule has 1 heterocycles. The number of amides is 5. The fourth-order valence-electron chi connectivity index (χ4n) is 6.61. The van der Waals surface area contributed by atoms with Gasteiger partial charge in [-0.05, 0) is 54.4 Å². The minimum atomic E-state index is -0.992. The zero-order valence-corrected chi connectivity index (χ0v) is 35.8. The Morgan fingerprint density at radius 1 is 0.944 bits per heavy atom. The van der Waals surface area contributed by atoms with Gasteiger partial charge in [0.05, 0.1) is 6.04 Å². The summed E-state index contributed by atoms with van der Waals surface area (Å²) in [7, 11) is 0. The predicted octanol–water partition coefficient (Wildman–Crippen LogP) is 6.24. The molecule has 306 valence electrons. The quantitative estimate of drug-likeness (QED) is 0.0397. The fraction of sp³-hybridized carbons (Fsp3) is 0.690. The summed E-state index contributed by atoms with van der Waals surface area (Å²) >= 11 is 4.56. The normalized spacial score (nSPS) is 19.6. The topological polar surface area (TPSA) is 149 Å². The third-order valence-electron chi connectivity index (χ3n) is 10.2. The number of allylic oxidation sites excluding steroid dienone is 3. The molecule has 5 unspecified atom stereocenters. The molecule has 0 aromatic carbocycles. The minimum Gasteiger partial charge on any atom is -0.346 e. The van der Waals surface area contributed by atoms with Crippen molar-refractivity contribution < 1.29 is 24.0 Å². The monoisotopic (exact) mass is 773 g/mol. The summed E-state index contributed by atoms with van der Waals surface area (Å²) in [5.74, 6) is -2.18. The first-order valence-corrected chi connectivity index (χ1v) is 20.3.